The molecule has 4 nitrogen and oxygen atoms in total. The van der Waals surface area contributed by atoms with Crippen LogP contribution in [-0.4, -0.2) is 29.8 Å². The van der Waals surface area contributed by atoms with Crippen molar-refractivity contribution >= 4 is 18.0 Å². The van der Waals surface area contributed by atoms with Gasteiger partial charge < -0.3 is 9.90 Å². The lowest BCUT2D eigenvalue weighted by Gasteiger charge is -2.71. The van der Waals surface area contributed by atoms with E-state index >= 15 is 0 Å². The zero-order chi connectivity index (χ0) is 31.4. The minimum atomic E-state index is -1.27. The highest BCUT2D eigenvalue weighted by molar-refractivity contribution is 6.03. The molecule has 3 fully saturated rings. The van der Waals surface area contributed by atoms with Gasteiger partial charge >= 0.3 is 5.97 Å². The molecule has 0 radical (unpaired) electrons. The second-order valence-corrected chi connectivity index (χ2v) is 17.2. The minimum absolute atomic E-state index is 0.0447. The molecule has 0 heterocycles. The fourth-order valence-electron chi connectivity index (χ4n) is 12.5. The Hall–Kier alpha value is -2.04. The number of Topliss-reactive ketones (excluding diaryl/α,β-unsaturated/α-hetero) is 1. The molecule has 3 saturated carbocycles. The van der Waals surface area contributed by atoms with Crippen LogP contribution in [0.1, 0.15) is 119 Å². The average molecular weight is 593 g/mol. The van der Waals surface area contributed by atoms with Crippen LogP contribution in [0.2, 0.25) is 0 Å². The number of hydrogen-bond donors (Lipinski definition) is 1. The number of carboxylic acid groups (broad SMARTS) is 1. The van der Waals surface area contributed by atoms with Crippen LogP contribution in [-0.2, 0) is 14.4 Å². The van der Waals surface area contributed by atoms with Crippen LogP contribution in [0.5, 0.6) is 0 Å². The first-order chi connectivity index (χ1) is 20.1. The van der Waals surface area contributed by atoms with E-state index in [0.29, 0.717) is 31.1 Å². The molecule has 43 heavy (non-hydrogen) atoms. The van der Waals surface area contributed by atoms with Crippen molar-refractivity contribution in [2.24, 2.45) is 56.2 Å². The molecule has 0 amide bonds. The first-order valence-electron chi connectivity index (χ1n) is 17.0. The molecule has 8 atom stereocenters. The van der Waals surface area contributed by atoms with E-state index in [1.54, 1.807) is 0 Å². The predicted molar refractivity (Wildman–Crippen MR) is 167 cm³/mol. The SMILES string of the molecule is CC(C)C1=C2[C@H]3CC[C@@H]4[C@@]5(C)CC=C(C6=CCC(CF)(C(=O)O)CC6)C(C)(C)[C@@H]5CC[C@@]4(C)[C@]3(C)CC[C@@]2(C=O)CC1=O. The molecule has 236 valence electrons. The van der Waals surface area contributed by atoms with E-state index in [0.717, 1.165) is 56.8 Å². The van der Waals surface area contributed by atoms with Gasteiger partial charge in [0.15, 0.2) is 5.78 Å². The van der Waals surface area contributed by atoms with Gasteiger partial charge in [-0.2, -0.15) is 0 Å². The summed E-state index contributed by atoms with van der Waals surface area (Å²) in [5, 5.41) is 9.73. The number of aldehydes is 1. The molecule has 0 saturated heterocycles. The van der Waals surface area contributed by atoms with Crippen molar-refractivity contribution < 1.29 is 23.9 Å². The normalized spacial score (nSPS) is 45.4. The highest BCUT2D eigenvalue weighted by atomic mass is 19.1. The quantitative estimate of drug-likeness (QED) is 0.324. The van der Waals surface area contributed by atoms with Crippen LogP contribution in [0.3, 0.4) is 0 Å². The summed E-state index contributed by atoms with van der Waals surface area (Å²) >= 11 is 0. The third-order valence-corrected chi connectivity index (χ3v) is 15.0. The molecule has 0 aromatic carbocycles. The smallest absolute Gasteiger partial charge is 0.312 e. The molecule has 6 aliphatic carbocycles. The summed E-state index contributed by atoms with van der Waals surface area (Å²) in [6.07, 6.45) is 14.6. The van der Waals surface area contributed by atoms with Crippen LogP contribution >= 0.6 is 0 Å². The van der Waals surface area contributed by atoms with Crippen molar-refractivity contribution in [2.45, 2.75) is 119 Å². The molecule has 6 rings (SSSR count). The zero-order valence-electron chi connectivity index (χ0n) is 27.6. The van der Waals surface area contributed by atoms with Gasteiger partial charge in [0.1, 0.15) is 13.0 Å². The molecule has 5 heteroatoms. The Kier molecular flexibility index (Phi) is 7.01. The Bertz CT molecular complexity index is 1350. The van der Waals surface area contributed by atoms with Crippen LogP contribution in [0.4, 0.5) is 4.39 Å². The number of carbonyl (C=O) groups excluding carboxylic acids is 2. The van der Waals surface area contributed by atoms with E-state index in [2.05, 4.69) is 54.5 Å². The monoisotopic (exact) mass is 592 g/mol. The van der Waals surface area contributed by atoms with Gasteiger partial charge in [0.25, 0.3) is 0 Å². The lowest BCUT2D eigenvalue weighted by atomic mass is 9.33. The second-order valence-electron chi connectivity index (χ2n) is 17.2. The predicted octanol–water partition coefficient (Wildman–Crippen LogP) is 8.85. The number of allylic oxidation sites excluding steroid dienone is 6. The third kappa shape index (κ3) is 3.87. The maximum absolute atomic E-state index is 13.9. The van der Waals surface area contributed by atoms with Gasteiger partial charge in [-0.3, -0.25) is 9.59 Å². The highest BCUT2D eigenvalue weighted by Crippen LogP contribution is 2.76. The minimum Gasteiger partial charge on any atom is -0.481 e. The van der Waals surface area contributed by atoms with Gasteiger partial charge in [0.2, 0.25) is 0 Å². The van der Waals surface area contributed by atoms with Crippen molar-refractivity contribution in [3.63, 3.8) is 0 Å². The fraction of sp³-hybridized carbons (Fsp3) is 0.763. The number of rotatable bonds is 5. The molecule has 1 unspecified atom stereocenters. The molecule has 0 spiro atoms. The van der Waals surface area contributed by atoms with Crippen molar-refractivity contribution in [1.29, 1.82) is 0 Å². The Morgan fingerprint density at radius 2 is 1.70 bits per heavy atom. The molecule has 0 aliphatic heterocycles. The number of fused-ring (bicyclic) bond motifs is 7. The molecule has 0 aromatic rings. The lowest BCUT2D eigenvalue weighted by molar-refractivity contribution is -0.198. The molecular weight excluding hydrogens is 539 g/mol. The van der Waals surface area contributed by atoms with Gasteiger partial charge in [-0.15, -0.1) is 0 Å². The summed E-state index contributed by atoms with van der Waals surface area (Å²) in [6, 6.07) is 0. The number of aliphatic carboxylic acids is 1. The Labute approximate surface area is 258 Å². The Morgan fingerprint density at radius 3 is 2.28 bits per heavy atom. The van der Waals surface area contributed by atoms with Crippen LogP contribution in [0, 0.1) is 56.2 Å². The van der Waals surface area contributed by atoms with Crippen molar-refractivity contribution in [2.75, 3.05) is 6.67 Å². The van der Waals surface area contributed by atoms with E-state index in [4.69, 9.17) is 0 Å². The highest BCUT2D eigenvalue weighted by Gasteiger charge is 2.69. The Balaban J connectivity index is 1.36. The van der Waals surface area contributed by atoms with E-state index in [9.17, 15) is 23.9 Å². The summed E-state index contributed by atoms with van der Waals surface area (Å²) in [7, 11) is 0. The number of carbonyl (C=O) groups is 3. The van der Waals surface area contributed by atoms with Crippen molar-refractivity contribution in [3.05, 3.63) is 34.4 Å². The first-order valence-corrected chi connectivity index (χ1v) is 17.0. The van der Waals surface area contributed by atoms with Crippen molar-refractivity contribution in [1.82, 2.24) is 0 Å². The fourth-order valence-corrected chi connectivity index (χ4v) is 12.5. The van der Waals surface area contributed by atoms with Crippen LogP contribution in [0.15, 0.2) is 34.4 Å². The lowest BCUT2D eigenvalue weighted by Crippen LogP contribution is -2.64. The van der Waals surface area contributed by atoms with E-state index in [1.807, 2.05) is 6.08 Å². The van der Waals surface area contributed by atoms with Gasteiger partial charge in [0.05, 0.1) is 10.8 Å². The summed E-state index contributed by atoms with van der Waals surface area (Å²) in [5.74, 6) is 0.677. The summed E-state index contributed by atoms with van der Waals surface area (Å²) in [4.78, 5) is 38.0. The largest absolute Gasteiger partial charge is 0.481 e. The molecule has 0 bridgehead atoms. The standard InChI is InChI=1S/C38H53FO4/c1-23(2)30-27(41)20-38(22-40)19-18-35(6)26(31(30)38)8-9-29-34(5)14-12-25(33(3,4)28(34)13-15-36(29,35)7)24-10-16-37(21-39,17-11-24)32(42)43/h10,12,22-23,26,28-29H,8-9,11,13-21H2,1-7H3,(H,42,43)/t26-,28+,29-,34+,35-,36-,37?,38+/m1/s1. The van der Waals surface area contributed by atoms with Gasteiger partial charge in [0, 0.05) is 6.42 Å². The summed E-state index contributed by atoms with van der Waals surface area (Å²) in [6.45, 7) is 15.9. The molecule has 0 aromatic heterocycles. The van der Waals surface area contributed by atoms with Gasteiger partial charge in [-0.05, 0) is 132 Å². The first kappa shape index (κ1) is 31.0. The average Bonchev–Trinajstić information content (AvgIpc) is 3.26. The molecule has 1 N–H and O–H groups in total. The van der Waals surface area contributed by atoms with E-state index in [-0.39, 0.29) is 45.7 Å². The van der Waals surface area contributed by atoms with Gasteiger partial charge in [-0.25, -0.2) is 4.39 Å². The van der Waals surface area contributed by atoms with Crippen LogP contribution < -0.4 is 0 Å². The van der Waals surface area contributed by atoms with E-state index < -0.39 is 23.5 Å². The second kappa shape index (κ2) is 9.73. The third-order valence-electron chi connectivity index (χ3n) is 15.0. The number of ketones is 1. The number of hydrogen-bond acceptors (Lipinski definition) is 3. The van der Waals surface area contributed by atoms with Crippen LogP contribution in [0.25, 0.3) is 0 Å². The molecule has 6 aliphatic rings. The maximum Gasteiger partial charge on any atom is 0.312 e. The number of alkyl halides is 1. The number of carboxylic acids is 1. The van der Waals surface area contributed by atoms with Crippen molar-refractivity contribution in [3.8, 4) is 0 Å². The topological polar surface area (TPSA) is 71.4 Å². The van der Waals surface area contributed by atoms with Gasteiger partial charge in [-0.1, -0.05) is 60.6 Å². The zero-order valence-corrected chi connectivity index (χ0v) is 27.6. The number of halogens is 1. The molecular formula is C38H53FO4. The maximum atomic E-state index is 13.9. The summed E-state index contributed by atoms with van der Waals surface area (Å²) in [5.41, 5.74) is 3.18. The Morgan fingerprint density at radius 1 is 0.977 bits per heavy atom. The summed E-state index contributed by atoms with van der Waals surface area (Å²) < 4.78 is 13.9. The van der Waals surface area contributed by atoms with E-state index in [1.165, 1.54) is 16.7 Å².